The van der Waals surface area contributed by atoms with Crippen molar-refractivity contribution >= 4 is 71.7 Å². The van der Waals surface area contributed by atoms with Crippen molar-refractivity contribution in [3.05, 3.63) is 200 Å². The molecule has 11 rings (SSSR count). The molecule has 9 aromatic carbocycles. The standard InChI is InChI=1S/C52H33NO2/c1-2-12-35(13-3-1)43-27-24-38(42-21-11-15-34-14-4-5-18-41(34)42)32-48(43)53(40-26-28-46-44-19-6-8-22-49(44)55-52(46)33-40)39-17-10-16-36(30-39)37-25-29-51-47(31-37)45-20-7-9-23-50(45)54-51/h1-33H. The number of rotatable bonds is 6. The summed E-state index contributed by atoms with van der Waals surface area (Å²) in [5, 5.41) is 6.89. The molecule has 0 unspecified atom stereocenters. The SMILES string of the molecule is c1ccc(-c2ccc(-c3cccc4ccccc34)cc2N(c2cccc(-c3ccc4oc5ccccc5c4c3)c2)c2ccc3c(c2)oc2ccccc23)cc1. The quantitative estimate of drug-likeness (QED) is 0.173. The Labute approximate surface area is 317 Å². The molecule has 2 aromatic heterocycles. The molecule has 0 aliphatic heterocycles. The van der Waals surface area contributed by atoms with Gasteiger partial charge >= 0.3 is 0 Å². The molecule has 0 bridgehead atoms. The molecule has 0 aliphatic rings. The average Bonchev–Trinajstić information content (AvgIpc) is 3.82. The number of hydrogen-bond donors (Lipinski definition) is 0. The van der Waals surface area contributed by atoms with E-state index in [-0.39, 0.29) is 0 Å². The maximum Gasteiger partial charge on any atom is 0.137 e. The lowest BCUT2D eigenvalue weighted by molar-refractivity contribution is 0.668. The van der Waals surface area contributed by atoms with Crippen LogP contribution in [0.1, 0.15) is 0 Å². The molecule has 0 saturated carbocycles. The fourth-order valence-corrected chi connectivity index (χ4v) is 8.23. The highest BCUT2D eigenvalue weighted by molar-refractivity contribution is 6.08. The lowest BCUT2D eigenvalue weighted by Gasteiger charge is -2.29. The second-order valence-electron chi connectivity index (χ2n) is 14.1. The number of hydrogen-bond acceptors (Lipinski definition) is 3. The normalized spacial score (nSPS) is 11.6. The number of furan rings is 2. The number of fused-ring (bicyclic) bond motifs is 7. The van der Waals surface area contributed by atoms with Crippen molar-refractivity contribution in [1.29, 1.82) is 0 Å². The van der Waals surface area contributed by atoms with Crippen molar-refractivity contribution < 1.29 is 8.83 Å². The van der Waals surface area contributed by atoms with Crippen LogP contribution in [-0.2, 0) is 0 Å². The number of anilines is 3. The van der Waals surface area contributed by atoms with Gasteiger partial charge in [0.2, 0.25) is 0 Å². The summed E-state index contributed by atoms with van der Waals surface area (Å²) in [7, 11) is 0. The molecule has 2 heterocycles. The van der Waals surface area contributed by atoms with Crippen LogP contribution in [0, 0.1) is 0 Å². The Bertz CT molecular complexity index is 3220. The third-order valence-electron chi connectivity index (χ3n) is 10.9. The van der Waals surface area contributed by atoms with Gasteiger partial charge in [-0.1, -0.05) is 140 Å². The molecule has 0 radical (unpaired) electrons. The van der Waals surface area contributed by atoms with Crippen molar-refractivity contribution in [2.45, 2.75) is 0 Å². The Morgan fingerprint density at radius 3 is 1.75 bits per heavy atom. The van der Waals surface area contributed by atoms with Crippen LogP contribution in [0.3, 0.4) is 0 Å². The van der Waals surface area contributed by atoms with Crippen LogP contribution in [0.5, 0.6) is 0 Å². The second kappa shape index (κ2) is 12.6. The zero-order valence-electron chi connectivity index (χ0n) is 29.8. The van der Waals surface area contributed by atoms with Gasteiger partial charge in [0.1, 0.15) is 22.3 Å². The van der Waals surface area contributed by atoms with Gasteiger partial charge in [0, 0.05) is 44.5 Å². The minimum absolute atomic E-state index is 0.851. The highest BCUT2D eigenvalue weighted by atomic mass is 16.3. The number of para-hydroxylation sites is 2. The number of benzene rings is 9. The van der Waals surface area contributed by atoms with E-state index in [9.17, 15) is 0 Å². The van der Waals surface area contributed by atoms with E-state index in [0.717, 1.165) is 88.8 Å². The number of nitrogens with zero attached hydrogens (tertiary/aromatic N) is 1. The first-order chi connectivity index (χ1) is 27.2. The maximum atomic E-state index is 6.50. The Kier molecular flexibility index (Phi) is 7.17. The fourth-order valence-electron chi connectivity index (χ4n) is 8.23. The predicted molar refractivity (Wildman–Crippen MR) is 229 cm³/mol. The summed E-state index contributed by atoms with van der Waals surface area (Å²) in [6, 6.07) is 71.2. The van der Waals surface area contributed by atoms with Crippen molar-refractivity contribution in [2.24, 2.45) is 0 Å². The van der Waals surface area contributed by atoms with Gasteiger partial charge in [-0.2, -0.15) is 0 Å². The topological polar surface area (TPSA) is 29.5 Å². The van der Waals surface area contributed by atoms with Crippen LogP contribution in [-0.4, -0.2) is 0 Å². The largest absolute Gasteiger partial charge is 0.456 e. The lowest BCUT2D eigenvalue weighted by atomic mass is 9.94. The fraction of sp³-hybridized carbons (Fsp3) is 0. The summed E-state index contributed by atoms with van der Waals surface area (Å²) in [4.78, 5) is 2.39. The highest BCUT2D eigenvalue weighted by Gasteiger charge is 2.21. The Morgan fingerprint density at radius 1 is 0.291 bits per heavy atom. The van der Waals surface area contributed by atoms with E-state index < -0.39 is 0 Å². The Hall–Kier alpha value is -7.36. The molecule has 0 N–H and O–H groups in total. The molecule has 55 heavy (non-hydrogen) atoms. The van der Waals surface area contributed by atoms with Crippen molar-refractivity contribution in [1.82, 2.24) is 0 Å². The zero-order chi connectivity index (χ0) is 36.3. The molecule has 0 aliphatic carbocycles. The van der Waals surface area contributed by atoms with Gasteiger partial charge in [-0.05, 0) is 93.2 Å². The molecule has 0 amide bonds. The molecule has 0 saturated heterocycles. The van der Waals surface area contributed by atoms with E-state index >= 15 is 0 Å². The minimum Gasteiger partial charge on any atom is -0.456 e. The van der Waals surface area contributed by atoms with Gasteiger partial charge in [-0.15, -0.1) is 0 Å². The van der Waals surface area contributed by atoms with Gasteiger partial charge in [-0.3, -0.25) is 0 Å². The van der Waals surface area contributed by atoms with Crippen LogP contribution >= 0.6 is 0 Å². The van der Waals surface area contributed by atoms with Crippen LogP contribution < -0.4 is 4.90 Å². The van der Waals surface area contributed by atoms with Crippen LogP contribution in [0.15, 0.2) is 209 Å². The van der Waals surface area contributed by atoms with Crippen LogP contribution in [0.25, 0.3) is 88.0 Å². The third kappa shape index (κ3) is 5.28. The summed E-state index contributed by atoms with van der Waals surface area (Å²) >= 11 is 0. The van der Waals surface area contributed by atoms with Crippen molar-refractivity contribution in [2.75, 3.05) is 4.90 Å². The van der Waals surface area contributed by atoms with E-state index in [2.05, 4.69) is 181 Å². The first-order valence-electron chi connectivity index (χ1n) is 18.7. The highest BCUT2D eigenvalue weighted by Crippen LogP contribution is 2.46. The smallest absolute Gasteiger partial charge is 0.137 e. The summed E-state index contributed by atoms with van der Waals surface area (Å²) < 4.78 is 12.7. The summed E-state index contributed by atoms with van der Waals surface area (Å²) in [6.45, 7) is 0. The molecule has 11 aromatic rings. The van der Waals surface area contributed by atoms with Gasteiger partial charge in [-0.25, -0.2) is 0 Å². The Balaban J connectivity index is 1.16. The van der Waals surface area contributed by atoms with Gasteiger partial charge in [0.15, 0.2) is 0 Å². The zero-order valence-corrected chi connectivity index (χ0v) is 29.8. The predicted octanol–water partition coefficient (Wildman–Crippen LogP) is 15.1. The molecule has 0 fully saturated rings. The summed E-state index contributed by atoms with van der Waals surface area (Å²) in [5.74, 6) is 0. The Morgan fingerprint density at radius 2 is 0.891 bits per heavy atom. The van der Waals surface area contributed by atoms with E-state index in [1.807, 2.05) is 24.3 Å². The van der Waals surface area contributed by atoms with Gasteiger partial charge in [0.25, 0.3) is 0 Å². The van der Waals surface area contributed by atoms with E-state index in [1.165, 1.54) is 16.3 Å². The molecular formula is C52H33NO2. The van der Waals surface area contributed by atoms with E-state index in [4.69, 9.17) is 8.83 Å². The van der Waals surface area contributed by atoms with Gasteiger partial charge in [0.05, 0.1) is 5.69 Å². The molecular weight excluding hydrogens is 671 g/mol. The molecule has 3 nitrogen and oxygen atoms in total. The molecule has 0 spiro atoms. The van der Waals surface area contributed by atoms with Crippen LogP contribution in [0.4, 0.5) is 17.1 Å². The first kappa shape index (κ1) is 31.2. The van der Waals surface area contributed by atoms with Crippen molar-refractivity contribution in [3.8, 4) is 33.4 Å². The molecule has 0 atom stereocenters. The molecule has 258 valence electrons. The monoisotopic (exact) mass is 703 g/mol. The van der Waals surface area contributed by atoms with Crippen LogP contribution in [0.2, 0.25) is 0 Å². The summed E-state index contributed by atoms with van der Waals surface area (Å²) in [6.07, 6.45) is 0. The van der Waals surface area contributed by atoms with Gasteiger partial charge < -0.3 is 13.7 Å². The second-order valence-corrected chi connectivity index (χ2v) is 14.1. The maximum absolute atomic E-state index is 6.50. The van der Waals surface area contributed by atoms with E-state index in [1.54, 1.807) is 0 Å². The van der Waals surface area contributed by atoms with E-state index in [0.29, 0.717) is 0 Å². The van der Waals surface area contributed by atoms with Crippen molar-refractivity contribution in [3.63, 3.8) is 0 Å². The third-order valence-corrected chi connectivity index (χ3v) is 10.9. The average molecular weight is 704 g/mol. The summed E-state index contributed by atoms with van der Waals surface area (Å²) in [5.41, 5.74) is 13.5. The molecule has 3 heteroatoms. The first-order valence-corrected chi connectivity index (χ1v) is 18.7. The minimum atomic E-state index is 0.851. The lowest BCUT2D eigenvalue weighted by Crippen LogP contribution is -2.11.